The fraction of sp³-hybridized carbons (Fsp3) is 0.615. The Kier molecular flexibility index (Phi) is 7.04. The molecule has 1 aromatic carbocycles. The predicted molar refractivity (Wildman–Crippen MR) is 129 cm³/mol. The summed E-state index contributed by atoms with van der Waals surface area (Å²) in [5.74, 6) is 1.34. The van der Waals surface area contributed by atoms with Crippen LogP contribution in [0.1, 0.15) is 100 Å². The molecule has 5 rings (SSSR count). The Morgan fingerprint density at radius 3 is 2.62 bits per heavy atom. The molecule has 2 saturated carbocycles. The van der Waals surface area contributed by atoms with E-state index in [0.29, 0.717) is 18.0 Å². The number of rotatable bonds is 8. The molecule has 7 nitrogen and oxygen atoms in total. The molecule has 0 saturated heterocycles. The van der Waals surface area contributed by atoms with Crippen LogP contribution in [0.25, 0.3) is 0 Å². The normalized spacial score (nSPS) is 22.5. The smallest absolute Gasteiger partial charge is 0.173 e. The van der Waals surface area contributed by atoms with E-state index >= 15 is 4.39 Å². The third-order valence-corrected chi connectivity index (χ3v) is 7.59. The van der Waals surface area contributed by atoms with Crippen LogP contribution in [0.15, 0.2) is 36.9 Å². The van der Waals surface area contributed by atoms with E-state index < -0.39 is 0 Å². The molecule has 2 aromatic heterocycles. The summed E-state index contributed by atoms with van der Waals surface area (Å²) in [6.45, 7) is 5.09. The molecule has 8 heteroatoms. The number of tetrazole rings is 1. The summed E-state index contributed by atoms with van der Waals surface area (Å²) in [4.78, 5) is 4.16. The van der Waals surface area contributed by atoms with E-state index in [-0.39, 0.29) is 17.8 Å². The second-order valence-corrected chi connectivity index (χ2v) is 10.4. The van der Waals surface area contributed by atoms with Crippen LogP contribution >= 0.6 is 0 Å². The molecule has 0 radical (unpaired) electrons. The Morgan fingerprint density at radius 2 is 1.91 bits per heavy atom. The molecule has 3 aromatic rings. The van der Waals surface area contributed by atoms with E-state index in [1.807, 2.05) is 35.5 Å². The Labute approximate surface area is 201 Å². The van der Waals surface area contributed by atoms with Gasteiger partial charge in [-0.2, -0.15) is 0 Å². The molecule has 2 fully saturated rings. The first-order chi connectivity index (χ1) is 16.6. The zero-order valence-corrected chi connectivity index (χ0v) is 20.3. The highest BCUT2D eigenvalue weighted by molar-refractivity contribution is 5.37. The third-order valence-electron chi connectivity index (χ3n) is 7.59. The summed E-state index contributed by atoms with van der Waals surface area (Å²) in [7, 11) is 0. The molecule has 2 aliphatic carbocycles. The molecule has 0 amide bonds. The van der Waals surface area contributed by atoms with Gasteiger partial charge in [0, 0.05) is 25.0 Å². The number of imidazole rings is 1. The van der Waals surface area contributed by atoms with Crippen molar-refractivity contribution in [1.29, 1.82) is 0 Å². The van der Waals surface area contributed by atoms with Crippen molar-refractivity contribution in [2.45, 2.75) is 95.8 Å². The molecule has 2 heterocycles. The summed E-state index contributed by atoms with van der Waals surface area (Å²) < 4.78 is 19.2. The van der Waals surface area contributed by atoms with Gasteiger partial charge < -0.3 is 9.88 Å². The Balaban J connectivity index is 1.42. The zero-order chi connectivity index (χ0) is 23.5. The van der Waals surface area contributed by atoms with Crippen molar-refractivity contribution in [2.24, 2.45) is 5.92 Å². The van der Waals surface area contributed by atoms with Gasteiger partial charge in [0.1, 0.15) is 5.82 Å². The summed E-state index contributed by atoms with van der Waals surface area (Å²) in [6, 6.07) is 5.85. The van der Waals surface area contributed by atoms with Gasteiger partial charge in [-0.3, -0.25) is 0 Å². The van der Waals surface area contributed by atoms with Crippen LogP contribution in [0.4, 0.5) is 4.39 Å². The standard InChI is InChI=1S/C26H36FN7/c1-18(2)24-22(10-7-11-23(24)27)25(29-20-14-19(15-20)16-33-13-12-28-17-33)26-30-31-32-34(26)21-8-5-3-4-6-9-21/h7,10-13,17-21,25,29H,3-6,8-9,14-16H2,1-2H3. The van der Waals surface area contributed by atoms with Gasteiger partial charge in [0.15, 0.2) is 5.82 Å². The number of nitrogens with zero attached hydrogens (tertiary/aromatic N) is 6. The molecule has 2 aliphatic rings. The molecular weight excluding hydrogens is 429 g/mol. The molecule has 182 valence electrons. The highest BCUT2D eigenvalue weighted by Gasteiger charge is 2.35. The van der Waals surface area contributed by atoms with Gasteiger partial charge in [0.25, 0.3) is 0 Å². The summed E-state index contributed by atoms with van der Waals surface area (Å²) in [5, 5.41) is 16.9. The lowest BCUT2D eigenvalue weighted by Crippen LogP contribution is -2.45. The first kappa shape index (κ1) is 23.1. The van der Waals surface area contributed by atoms with E-state index in [9.17, 15) is 0 Å². The number of halogens is 1. The number of hydrogen-bond donors (Lipinski definition) is 1. The maximum Gasteiger partial charge on any atom is 0.173 e. The summed E-state index contributed by atoms with van der Waals surface area (Å²) in [5.41, 5.74) is 1.71. The molecule has 0 bridgehead atoms. The summed E-state index contributed by atoms with van der Waals surface area (Å²) in [6.07, 6.45) is 15.0. The van der Waals surface area contributed by atoms with Gasteiger partial charge >= 0.3 is 0 Å². The number of nitrogens with one attached hydrogen (secondary N) is 1. The minimum atomic E-state index is -0.231. The van der Waals surface area contributed by atoms with Crippen LogP contribution in [-0.4, -0.2) is 35.8 Å². The quantitative estimate of drug-likeness (QED) is 0.464. The lowest BCUT2D eigenvalue weighted by atomic mass is 9.79. The van der Waals surface area contributed by atoms with E-state index in [1.54, 1.807) is 6.07 Å². The molecule has 0 aliphatic heterocycles. The molecule has 1 atom stereocenters. The highest BCUT2D eigenvalue weighted by atomic mass is 19.1. The summed E-state index contributed by atoms with van der Waals surface area (Å²) >= 11 is 0. The van der Waals surface area contributed by atoms with Crippen LogP contribution in [0.5, 0.6) is 0 Å². The van der Waals surface area contributed by atoms with Crippen molar-refractivity contribution < 1.29 is 4.39 Å². The lowest BCUT2D eigenvalue weighted by Gasteiger charge is -2.39. The zero-order valence-electron chi connectivity index (χ0n) is 20.3. The van der Waals surface area contributed by atoms with Gasteiger partial charge in [0.05, 0.1) is 18.4 Å². The molecule has 34 heavy (non-hydrogen) atoms. The van der Waals surface area contributed by atoms with Crippen LogP contribution in [0.3, 0.4) is 0 Å². The number of aromatic nitrogens is 6. The van der Waals surface area contributed by atoms with Gasteiger partial charge in [0.2, 0.25) is 0 Å². The van der Waals surface area contributed by atoms with Crippen LogP contribution in [0, 0.1) is 11.7 Å². The SMILES string of the molecule is CC(C)c1c(F)cccc1C(NC1CC(Cn2ccnc2)C1)c1nnnn1C1CCCCCC1. The average Bonchev–Trinajstić information content (AvgIpc) is 3.41. The Morgan fingerprint density at radius 1 is 1.12 bits per heavy atom. The first-order valence-corrected chi connectivity index (χ1v) is 12.9. The van der Waals surface area contributed by atoms with Crippen LogP contribution in [-0.2, 0) is 6.54 Å². The van der Waals surface area contributed by atoms with Crippen LogP contribution in [0.2, 0.25) is 0 Å². The van der Waals surface area contributed by atoms with Crippen molar-refractivity contribution in [3.05, 3.63) is 59.7 Å². The predicted octanol–water partition coefficient (Wildman–Crippen LogP) is 5.19. The van der Waals surface area contributed by atoms with E-state index in [1.165, 1.54) is 25.7 Å². The third kappa shape index (κ3) is 4.92. The molecule has 1 N–H and O–H groups in total. The van der Waals surface area contributed by atoms with Gasteiger partial charge in [-0.05, 0) is 65.1 Å². The van der Waals surface area contributed by atoms with Crippen LogP contribution < -0.4 is 5.32 Å². The first-order valence-electron chi connectivity index (χ1n) is 12.9. The maximum atomic E-state index is 15.0. The minimum Gasteiger partial charge on any atom is -0.337 e. The minimum absolute atomic E-state index is 0.0677. The Bertz CT molecular complexity index is 1050. The van der Waals surface area contributed by atoms with Gasteiger partial charge in [-0.1, -0.05) is 51.7 Å². The highest BCUT2D eigenvalue weighted by Crippen LogP contribution is 2.37. The largest absolute Gasteiger partial charge is 0.337 e. The monoisotopic (exact) mass is 465 g/mol. The average molecular weight is 466 g/mol. The molecule has 1 unspecified atom stereocenters. The van der Waals surface area contributed by atoms with Crippen molar-refractivity contribution in [3.8, 4) is 0 Å². The van der Waals surface area contributed by atoms with E-state index in [0.717, 1.165) is 49.2 Å². The second-order valence-electron chi connectivity index (χ2n) is 10.4. The van der Waals surface area contributed by atoms with E-state index in [4.69, 9.17) is 0 Å². The van der Waals surface area contributed by atoms with E-state index in [2.05, 4.69) is 44.2 Å². The lowest BCUT2D eigenvalue weighted by molar-refractivity contribution is 0.186. The topological polar surface area (TPSA) is 73.5 Å². The fourth-order valence-corrected chi connectivity index (χ4v) is 5.82. The van der Waals surface area contributed by atoms with Crippen molar-refractivity contribution in [3.63, 3.8) is 0 Å². The molecule has 0 spiro atoms. The number of benzene rings is 1. The van der Waals surface area contributed by atoms with Gasteiger partial charge in [-0.25, -0.2) is 14.1 Å². The fourth-order valence-electron chi connectivity index (χ4n) is 5.82. The second kappa shape index (κ2) is 10.3. The van der Waals surface area contributed by atoms with Crippen molar-refractivity contribution >= 4 is 0 Å². The molecular formula is C26H36FN7. The van der Waals surface area contributed by atoms with Gasteiger partial charge in [-0.15, -0.1) is 5.10 Å². The number of hydrogen-bond acceptors (Lipinski definition) is 5. The van der Waals surface area contributed by atoms with Crippen molar-refractivity contribution in [1.82, 2.24) is 35.1 Å². The van der Waals surface area contributed by atoms with Crippen molar-refractivity contribution in [2.75, 3.05) is 0 Å². The Hall–Kier alpha value is -2.61. The maximum absolute atomic E-state index is 15.0.